The Hall–Kier alpha value is -3.17. The van der Waals surface area contributed by atoms with E-state index < -0.39 is 17.6 Å². The van der Waals surface area contributed by atoms with Crippen molar-refractivity contribution in [2.24, 2.45) is 0 Å². The van der Waals surface area contributed by atoms with E-state index in [1.807, 2.05) is 0 Å². The first kappa shape index (κ1) is 17.6. The number of hydrogen-bond donors (Lipinski definition) is 1. The van der Waals surface area contributed by atoms with E-state index in [-0.39, 0.29) is 18.3 Å². The highest BCUT2D eigenvalue weighted by atomic mass is 19.4. The van der Waals surface area contributed by atoms with Gasteiger partial charge in [-0.1, -0.05) is 22.4 Å². The molecule has 0 bridgehead atoms. The van der Waals surface area contributed by atoms with Crippen LogP contribution < -0.4 is 5.32 Å². The second kappa shape index (κ2) is 6.62. The van der Waals surface area contributed by atoms with Crippen LogP contribution in [0, 0.1) is 13.8 Å². The zero-order chi connectivity index (χ0) is 18.9. The summed E-state index contributed by atoms with van der Waals surface area (Å²) in [5.41, 5.74) is 0.897. The van der Waals surface area contributed by atoms with Crippen LogP contribution in [0.5, 0.6) is 0 Å². The first-order chi connectivity index (χ1) is 12.3. The number of aromatic nitrogens is 3. The van der Waals surface area contributed by atoms with Gasteiger partial charge in [-0.2, -0.15) is 18.2 Å². The molecule has 0 aliphatic carbocycles. The van der Waals surface area contributed by atoms with Crippen LogP contribution in [0.3, 0.4) is 0 Å². The molecule has 3 aromatic rings. The smallest absolute Gasteiger partial charge is 0.361 e. The molecule has 0 saturated carbocycles. The molecule has 1 amide bonds. The van der Waals surface area contributed by atoms with Crippen molar-refractivity contribution in [1.82, 2.24) is 20.6 Å². The zero-order valence-electron chi connectivity index (χ0n) is 13.7. The fourth-order valence-electron chi connectivity index (χ4n) is 2.24. The normalized spacial score (nSPS) is 11.6. The predicted octanol–water partition coefficient (Wildman–Crippen LogP) is 3.29. The minimum absolute atomic E-state index is 0.0150. The summed E-state index contributed by atoms with van der Waals surface area (Å²) in [7, 11) is 0. The number of nitrogens with one attached hydrogen (secondary N) is 1. The van der Waals surface area contributed by atoms with E-state index in [0.717, 1.165) is 17.7 Å². The number of halogens is 3. The lowest BCUT2D eigenvalue weighted by molar-refractivity contribution is -0.137. The summed E-state index contributed by atoms with van der Waals surface area (Å²) in [5.74, 6) is -0.317. The molecule has 7 nitrogen and oxygen atoms in total. The molecule has 0 saturated heterocycles. The molecular formula is C16H13F3N4O3. The first-order valence-corrected chi connectivity index (χ1v) is 7.47. The van der Waals surface area contributed by atoms with Crippen LogP contribution in [0.4, 0.5) is 13.2 Å². The highest BCUT2D eigenvalue weighted by Crippen LogP contribution is 2.30. The Morgan fingerprint density at radius 1 is 1.12 bits per heavy atom. The van der Waals surface area contributed by atoms with Gasteiger partial charge in [0.05, 0.1) is 11.3 Å². The number of amides is 1. The summed E-state index contributed by atoms with van der Waals surface area (Å²) in [6.07, 6.45) is -4.43. The molecule has 0 fully saturated rings. The molecule has 2 aromatic heterocycles. The van der Waals surface area contributed by atoms with E-state index >= 15 is 0 Å². The van der Waals surface area contributed by atoms with Gasteiger partial charge >= 0.3 is 18.0 Å². The standard InChI is InChI=1S/C16H13F3N4O3/c1-8-12(9(2)25-22-8)7-20-14(24)15-21-13(23-26-15)10-3-5-11(6-4-10)16(17,18)19/h3-6H,7H2,1-2H3,(H,20,24). The number of carbonyl (C=O) groups excluding carboxylic acids is 1. The van der Waals surface area contributed by atoms with Crippen molar-refractivity contribution < 1.29 is 27.0 Å². The second-order valence-corrected chi connectivity index (χ2v) is 5.48. The van der Waals surface area contributed by atoms with Gasteiger partial charge in [-0.15, -0.1) is 0 Å². The molecule has 0 spiro atoms. The Morgan fingerprint density at radius 2 is 1.81 bits per heavy atom. The monoisotopic (exact) mass is 366 g/mol. The molecule has 3 rings (SSSR count). The van der Waals surface area contributed by atoms with Gasteiger partial charge in [-0.05, 0) is 26.0 Å². The Morgan fingerprint density at radius 3 is 2.38 bits per heavy atom. The van der Waals surface area contributed by atoms with E-state index in [1.54, 1.807) is 13.8 Å². The van der Waals surface area contributed by atoms with Crippen LogP contribution in [0.2, 0.25) is 0 Å². The largest absolute Gasteiger partial charge is 0.416 e. The quantitative estimate of drug-likeness (QED) is 0.761. The molecule has 0 atom stereocenters. The maximum Gasteiger partial charge on any atom is 0.416 e. The van der Waals surface area contributed by atoms with Crippen molar-refractivity contribution in [2.75, 3.05) is 0 Å². The van der Waals surface area contributed by atoms with Gasteiger partial charge in [-0.25, -0.2) is 0 Å². The number of hydrogen-bond acceptors (Lipinski definition) is 6. The molecule has 0 aliphatic rings. The van der Waals surface area contributed by atoms with Gasteiger partial charge < -0.3 is 14.4 Å². The molecule has 0 radical (unpaired) electrons. The van der Waals surface area contributed by atoms with Crippen molar-refractivity contribution in [3.8, 4) is 11.4 Å². The lowest BCUT2D eigenvalue weighted by Gasteiger charge is -2.05. The predicted molar refractivity (Wildman–Crippen MR) is 81.9 cm³/mol. The number of nitrogens with zero attached hydrogens (tertiary/aromatic N) is 3. The molecule has 1 aromatic carbocycles. The Bertz CT molecular complexity index is 910. The number of carbonyl (C=O) groups is 1. The van der Waals surface area contributed by atoms with Gasteiger partial charge in [-0.3, -0.25) is 4.79 Å². The van der Waals surface area contributed by atoms with E-state index in [4.69, 9.17) is 9.05 Å². The third-order valence-electron chi connectivity index (χ3n) is 3.70. The molecular weight excluding hydrogens is 353 g/mol. The third kappa shape index (κ3) is 3.58. The summed E-state index contributed by atoms with van der Waals surface area (Å²) in [6, 6.07) is 4.23. The van der Waals surface area contributed by atoms with Crippen LogP contribution >= 0.6 is 0 Å². The molecule has 10 heteroatoms. The first-order valence-electron chi connectivity index (χ1n) is 7.47. The lowest BCUT2D eigenvalue weighted by Crippen LogP contribution is -2.23. The SMILES string of the molecule is Cc1noc(C)c1CNC(=O)c1nc(-c2ccc(C(F)(F)F)cc2)no1. The van der Waals surface area contributed by atoms with E-state index in [0.29, 0.717) is 17.0 Å². The molecule has 0 unspecified atom stereocenters. The van der Waals surface area contributed by atoms with Gasteiger partial charge in [0.1, 0.15) is 5.76 Å². The Labute approximate surface area is 145 Å². The maximum atomic E-state index is 12.6. The summed E-state index contributed by atoms with van der Waals surface area (Å²) < 4.78 is 47.6. The molecule has 136 valence electrons. The summed E-state index contributed by atoms with van der Waals surface area (Å²) in [5, 5.41) is 9.99. The summed E-state index contributed by atoms with van der Waals surface area (Å²) >= 11 is 0. The minimum Gasteiger partial charge on any atom is -0.361 e. The highest BCUT2D eigenvalue weighted by molar-refractivity contribution is 5.89. The number of alkyl halides is 3. The van der Waals surface area contributed by atoms with Crippen LogP contribution in [0.25, 0.3) is 11.4 Å². The van der Waals surface area contributed by atoms with Gasteiger partial charge in [0, 0.05) is 17.7 Å². The van der Waals surface area contributed by atoms with E-state index in [1.165, 1.54) is 12.1 Å². The fraction of sp³-hybridized carbons (Fsp3) is 0.250. The van der Waals surface area contributed by atoms with E-state index in [9.17, 15) is 18.0 Å². The highest BCUT2D eigenvalue weighted by Gasteiger charge is 2.30. The average Bonchev–Trinajstić information content (AvgIpc) is 3.20. The Balaban J connectivity index is 1.70. The van der Waals surface area contributed by atoms with Crippen molar-refractivity contribution >= 4 is 5.91 Å². The minimum atomic E-state index is -4.43. The summed E-state index contributed by atoms with van der Waals surface area (Å²) in [4.78, 5) is 16.0. The van der Waals surface area contributed by atoms with Crippen LogP contribution in [-0.4, -0.2) is 21.2 Å². The van der Waals surface area contributed by atoms with Crippen molar-refractivity contribution in [1.29, 1.82) is 0 Å². The third-order valence-corrected chi connectivity index (χ3v) is 3.70. The van der Waals surface area contributed by atoms with Crippen molar-refractivity contribution in [3.05, 3.63) is 52.7 Å². The number of benzene rings is 1. The molecule has 0 aliphatic heterocycles. The maximum absolute atomic E-state index is 12.6. The van der Waals surface area contributed by atoms with Crippen LogP contribution in [0.1, 0.15) is 33.3 Å². The Kier molecular flexibility index (Phi) is 4.49. The van der Waals surface area contributed by atoms with Gasteiger partial charge in [0.25, 0.3) is 0 Å². The lowest BCUT2D eigenvalue weighted by atomic mass is 10.1. The van der Waals surface area contributed by atoms with Crippen molar-refractivity contribution in [3.63, 3.8) is 0 Å². The number of rotatable bonds is 4. The molecule has 26 heavy (non-hydrogen) atoms. The topological polar surface area (TPSA) is 94.1 Å². The van der Waals surface area contributed by atoms with Crippen LogP contribution in [-0.2, 0) is 12.7 Å². The van der Waals surface area contributed by atoms with Gasteiger partial charge in [0.15, 0.2) is 0 Å². The molecule has 1 N–H and O–H groups in total. The zero-order valence-corrected chi connectivity index (χ0v) is 13.7. The molecule has 2 heterocycles. The number of aryl methyl sites for hydroxylation is 2. The second-order valence-electron chi connectivity index (χ2n) is 5.48. The summed E-state index contributed by atoms with van der Waals surface area (Å²) in [6.45, 7) is 3.63. The van der Waals surface area contributed by atoms with Gasteiger partial charge in [0.2, 0.25) is 5.82 Å². The van der Waals surface area contributed by atoms with Crippen molar-refractivity contribution in [2.45, 2.75) is 26.6 Å². The van der Waals surface area contributed by atoms with Crippen LogP contribution in [0.15, 0.2) is 33.3 Å². The van der Waals surface area contributed by atoms with E-state index in [2.05, 4.69) is 20.6 Å². The fourth-order valence-corrected chi connectivity index (χ4v) is 2.24. The average molecular weight is 366 g/mol.